The van der Waals surface area contributed by atoms with Crippen molar-refractivity contribution in [3.05, 3.63) is 39.8 Å². The number of hydrogen-bond donors (Lipinski definition) is 1. The van der Waals surface area contributed by atoms with Gasteiger partial charge in [-0.1, -0.05) is 0 Å². The molecule has 1 aromatic rings. The van der Waals surface area contributed by atoms with Crippen LogP contribution in [0.15, 0.2) is 39.8 Å². The molecule has 1 aliphatic rings. The van der Waals surface area contributed by atoms with Crippen molar-refractivity contribution < 1.29 is 11.5 Å². The number of H-pyrrole nitrogens is 1. The first-order chi connectivity index (χ1) is 7.35. The van der Waals surface area contributed by atoms with Crippen LogP contribution in [0, 0.1) is 0 Å². The number of rotatable bonds is 2. The van der Waals surface area contributed by atoms with Gasteiger partial charge in [0.05, 0.1) is 0 Å². The first-order valence-corrected chi connectivity index (χ1v) is 30.2. The second-order valence-electron chi connectivity index (χ2n) is 15.5. The van der Waals surface area contributed by atoms with Crippen molar-refractivity contribution in [2.75, 3.05) is 0 Å². The van der Waals surface area contributed by atoms with Crippen LogP contribution in [-0.2, 0) is 11.5 Å². The minimum absolute atomic E-state index is 0. The maximum absolute atomic E-state index is 4.98. The predicted molar refractivity (Wildman–Crippen MR) is 100 cm³/mol. The Bertz CT molecular complexity index is 790. The van der Waals surface area contributed by atoms with E-state index in [4.69, 9.17) is 0 Å². The summed E-state index contributed by atoms with van der Waals surface area (Å²) in [6.45, 7) is 2.25. The molecule has 1 N–H and O–H groups in total. The second-order valence-corrected chi connectivity index (χ2v) is 112. The van der Waals surface area contributed by atoms with Gasteiger partial charge >= 0.3 is 101 Å². The van der Waals surface area contributed by atoms with Crippen molar-refractivity contribution in [2.45, 2.75) is 34.2 Å². The van der Waals surface area contributed by atoms with Crippen molar-refractivity contribution in [3.8, 4) is 0 Å². The van der Waals surface area contributed by atoms with Crippen molar-refractivity contribution in [1.82, 2.24) is 4.98 Å². The molecule has 0 bridgehead atoms. The van der Waals surface area contributed by atoms with Crippen LogP contribution >= 0.6 is 24.8 Å². The van der Waals surface area contributed by atoms with Crippen LogP contribution in [-0.4, -0.2) is 11.9 Å². The quantitative estimate of drug-likeness (QED) is 0.655. The van der Waals surface area contributed by atoms with Crippen LogP contribution in [0.2, 0.25) is 27.8 Å². The molecule has 0 unspecified atom stereocenters. The normalized spacial score (nSPS) is 25.1. The van der Waals surface area contributed by atoms with E-state index in [0.29, 0.717) is 0 Å². The van der Waals surface area contributed by atoms with Gasteiger partial charge in [0.1, 0.15) is 0 Å². The van der Waals surface area contributed by atoms with E-state index in [-0.39, 0.29) is 24.8 Å². The first kappa shape index (κ1) is 20.4. The van der Waals surface area contributed by atoms with E-state index >= 15 is 0 Å². The summed E-state index contributed by atoms with van der Waals surface area (Å²) in [6.07, 6.45) is 9.95. The predicted octanol–water partition coefficient (Wildman–Crippen LogP) is 5.00. The average molecular weight is 416 g/mol. The number of aromatic amines is 1. The van der Waals surface area contributed by atoms with E-state index < -0.39 is 11.5 Å². The minimum atomic E-state index is -4.98. The number of halogens is 2. The van der Waals surface area contributed by atoms with Gasteiger partial charge < -0.3 is 0 Å². The summed E-state index contributed by atoms with van der Waals surface area (Å²) in [5.41, 5.74) is 0. The first-order valence-electron chi connectivity index (χ1n) is 7.06. The van der Waals surface area contributed by atoms with Crippen LogP contribution in [0.1, 0.15) is 6.42 Å². The molecular weight excluding hydrogens is 384 g/mol. The summed E-state index contributed by atoms with van der Waals surface area (Å²) < 4.78 is 18.2. The molecule has 0 amide bonds. The van der Waals surface area contributed by atoms with Gasteiger partial charge in [-0.25, -0.2) is 0 Å². The summed E-state index contributed by atoms with van der Waals surface area (Å²) in [5, 5.41) is 0. The fraction of sp³-hybridized carbons (Fsp3) is 0.467. The van der Waals surface area contributed by atoms with Gasteiger partial charge in [-0.05, 0) is 0 Å². The summed E-state index contributed by atoms with van der Waals surface area (Å²) >= 11 is -4.98. The van der Waals surface area contributed by atoms with E-state index in [9.17, 15) is 0 Å². The molecule has 118 valence electrons. The van der Waals surface area contributed by atoms with Gasteiger partial charge in [0, 0.05) is 0 Å². The molecule has 0 saturated carbocycles. The Morgan fingerprint density at radius 2 is 1.60 bits per heavy atom. The number of hydrogen-bond acceptors (Lipinski definition) is 0. The third-order valence-electron chi connectivity index (χ3n) is 5.62. The van der Waals surface area contributed by atoms with Gasteiger partial charge in [0.15, 0.2) is 0 Å². The molecule has 1 aromatic heterocycles. The molecule has 0 aliphatic heterocycles. The molecular formula is C15H31Cl2NSiZr. The molecule has 1 nitrogen and oxygen atoms in total. The second kappa shape index (κ2) is 2.60. The summed E-state index contributed by atoms with van der Waals surface area (Å²) in [4.78, 5) is 3.57. The topological polar surface area (TPSA) is 15.8 Å². The Kier molecular flexibility index (Phi) is 2.66. The monoisotopic (exact) mass is 413 g/mol. The molecule has 0 aromatic carbocycles. The molecule has 2 rings (SSSR count). The fourth-order valence-electron chi connectivity index (χ4n) is 3.41. The van der Waals surface area contributed by atoms with Gasteiger partial charge in [0.2, 0.25) is 0 Å². The van der Waals surface area contributed by atoms with Crippen LogP contribution in [0.4, 0.5) is 0 Å². The molecule has 5 heteroatoms. The standard InChI is InChI=1S/C5H5.C4H4N.6CH3.2ClH.H2Si.Zr/c2*1-2-4-5-3-1;;;;;;;;;;/h1-3H,4H2;1-3,5H;6*1H3;2*1H;1H2;. The van der Waals surface area contributed by atoms with Gasteiger partial charge in [0.25, 0.3) is 0 Å². The number of aromatic nitrogens is 1. The van der Waals surface area contributed by atoms with Crippen molar-refractivity contribution in [2.24, 2.45) is 0 Å². The van der Waals surface area contributed by atoms with E-state index in [1.165, 1.54) is 3.40 Å². The van der Waals surface area contributed by atoms with E-state index in [1.54, 1.807) is 3.28 Å². The summed E-state index contributed by atoms with van der Waals surface area (Å²) in [6, 6.07) is 4.40. The number of nitrogens with one attached hydrogen (secondary N) is 1. The SMILES string of the molecule is Cl.Cl.[CH3][Zr]([CH3])([CH3])([CH3])([CH3])([CH3])(=[SiH2])([C]1=CC=CC1)[c]1ccc[nH]1. The zero-order valence-corrected chi connectivity index (χ0v) is 19.2. The van der Waals surface area contributed by atoms with Crippen molar-refractivity contribution in [3.63, 3.8) is 0 Å². The molecule has 1 aliphatic carbocycles. The Morgan fingerprint density at radius 1 is 1.05 bits per heavy atom. The molecule has 0 spiro atoms. The van der Waals surface area contributed by atoms with Crippen LogP contribution in [0.5, 0.6) is 0 Å². The maximum atomic E-state index is 3.57. The van der Waals surface area contributed by atoms with Crippen molar-refractivity contribution in [1.29, 1.82) is 0 Å². The van der Waals surface area contributed by atoms with Crippen LogP contribution in [0.25, 0.3) is 0 Å². The Balaban J connectivity index is 0.00000180. The Labute approximate surface area is 124 Å². The zero-order valence-electron chi connectivity index (χ0n) is 13.7. The third kappa shape index (κ3) is 2.60. The summed E-state index contributed by atoms with van der Waals surface area (Å²) in [5.74, 6) is 0. The van der Waals surface area contributed by atoms with Gasteiger partial charge in [-0.3, -0.25) is 0 Å². The molecule has 0 saturated heterocycles. The van der Waals surface area contributed by atoms with E-state index in [2.05, 4.69) is 76.2 Å². The van der Waals surface area contributed by atoms with Gasteiger partial charge in [-0.15, -0.1) is 24.8 Å². The van der Waals surface area contributed by atoms with Crippen LogP contribution in [0.3, 0.4) is 0 Å². The molecule has 0 atom stereocenters. The van der Waals surface area contributed by atoms with Crippen LogP contribution < -0.4 is 3.40 Å². The zero-order chi connectivity index (χ0) is 14.1. The fourth-order valence-corrected chi connectivity index (χ4v) is 20.2. The molecule has 20 heavy (non-hydrogen) atoms. The van der Waals surface area contributed by atoms with Gasteiger partial charge in [-0.2, -0.15) is 0 Å². The Hall–Kier alpha value is 0.440. The number of allylic oxidation sites excluding steroid dienone is 4. The molecule has 1 heterocycles. The third-order valence-corrected chi connectivity index (χ3v) is 33.2. The molecule has 0 radical (unpaired) electrons. The Morgan fingerprint density at radius 3 is 1.95 bits per heavy atom. The van der Waals surface area contributed by atoms with E-state index in [1.807, 2.05) is 0 Å². The average Bonchev–Trinajstić information content (AvgIpc) is 2.75. The summed E-state index contributed by atoms with van der Waals surface area (Å²) in [7, 11) is 0. The molecule has 0 fully saturated rings. The van der Waals surface area contributed by atoms with Crippen molar-refractivity contribution >= 4 is 35.1 Å². The van der Waals surface area contributed by atoms with E-state index in [0.717, 1.165) is 6.42 Å².